The van der Waals surface area contributed by atoms with Crippen molar-refractivity contribution in [2.45, 2.75) is 13.5 Å². The Labute approximate surface area is 93.5 Å². The Bertz CT molecular complexity index is 438. The fourth-order valence-electron chi connectivity index (χ4n) is 1.42. The Hall–Kier alpha value is -2.11. The minimum absolute atomic E-state index is 0.328. The van der Waals surface area contributed by atoms with Gasteiger partial charge in [-0.25, -0.2) is 5.10 Å². The van der Waals surface area contributed by atoms with Gasteiger partial charge in [0.15, 0.2) is 0 Å². The average molecular weight is 218 g/mol. The molecule has 6 heteroatoms. The Balaban J connectivity index is 2.12. The molecule has 2 rings (SSSR count). The van der Waals surface area contributed by atoms with Gasteiger partial charge in [-0.2, -0.15) is 4.98 Å². The number of hydrogen-bond donors (Lipinski definition) is 2. The first-order valence-electron chi connectivity index (χ1n) is 5.12. The van der Waals surface area contributed by atoms with Crippen LogP contribution >= 0.6 is 0 Å². The van der Waals surface area contributed by atoms with E-state index < -0.39 is 0 Å². The summed E-state index contributed by atoms with van der Waals surface area (Å²) >= 11 is 0. The van der Waals surface area contributed by atoms with Crippen LogP contribution in [0, 0.1) is 0 Å². The van der Waals surface area contributed by atoms with Gasteiger partial charge in [0.2, 0.25) is 11.9 Å². The molecule has 0 aliphatic rings. The number of aromatic amines is 1. The minimum Gasteiger partial charge on any atom is -0.368 e. The highest BCUT2D eigenvalue weighted by Crippen LogP contribution is 2.10. The third kappa shape index (κ3) is 2.28. The van der Waals surface area contributed by atoms with E-state index in [1.807, 2.05) is 30.0 Å². The van der Waals surface area contributed by atoms with E-state index in [1.165, 1.54) is 0 Å². The first-order chi connectivity index (χ1) is 7.79. The maximum atomic E-state index is 5.49. The monoisotopic (exact) mass is 218 g/mol. The van der Waals surface area contributed by atoms with Crippen molar-refractivity contribution in [1.29, 1.82) is 0 Å². The molecule has 2 heterocycles. The molecule has 6 nitrogen and oxygen atoms in total. The van der Waals surface area contributed by atoms with Crippen LogP contribution < -0.4 is 10.6 Å². The summed E-state index contributed by atoms with van der Waals surface area (Å²) < 4.78 is 0. The molecule has 84 valence electrons. The molecule has 0 atom stereocenters. The second-order valence-electron chi connectivity index (χ2n) is 3.36. The van der Waals surface area contributed by atoms with Crippen molar-refractivity contribution in [1.82, 2.24) is 20.2 Å². The van der Waals surface area contributed by atoms with Crippen LogP contribution in [0.1, 0.15) is 12.6 Å². The zero-order valence-corrected chi connectivity index (χ0v) is 9.09. The number of pyridine rings is 1. The van der Waals surface area contributed by atoms with Crippen LogP contribution in [-0.2, 0) is 6.54 Å². The minimum atomic E-state index is 0.328. The number of nitrogens with two attached hydrogens (primary N) is 1. The molecular weight excluding hydrogens is 204 g/mol. The average Bonchev–Trinajstić information content (AvgIpc) is 2.74. The highest BCUT2D eigenvalue weighted by atomic mass is 15.4. The topological polar surface area (TPSA) is 83.7 Å². The van der Waals surface area contributed by atoms with Crippen LogP contribution in [0.5, 0.6) is 0 Å². The predicted molar refractivity (Wildman–Crippen MR) is 61.8 cm³/mol. The summed E-state index contributed by atoms with van der Waals surface area (Å²) in [5.41, 5.74) is 6.47. The fourth-order valence-corrected chi connectivity index (χ4v) is 1.42. The van der Waals surface area contributed by atoms with Crippen LogP contribution in [-0.4, -0.2) is 26.7 Å². The molecule has 0 saturated heterocycles. The van der Waals surface area contributed by atoms with Crippen LogP contribution in [0.25, 0.3) is 0 Å². The van der Waals surface area contributed by atoms with Crippen molar-refractivity contribution in [3.05, 3.63) is 30.1 Å². The number of nitrogen functional groups attached to an aromatic ring is 1. The molecule has 0 bridgehead atoms. The normalized spacial score (nSPS) is 10.3. The van der Waals surface area contributed by atoms with Crippen LogP contribution in [0.4, 0.5) is 11.9 Å². The maximum absolute atomic E-state index is 5.49. The van der Waals surface area contributed by atoms with Gasteiger partial charge in [0.25, 0.3) is 0 Å². The van der Waals surface area contributed by atoms with Gasteiger partial charge in [0.1, 0.15) is 0 Å². The summed E-state index contributed by atoms with van der Waals surface area (Å²) in [5.74, 6) is 0.931. The van der Waals surface area contributed by atoms with Gasteiger partial charge in [-0.1, -0.05) is 6.07 Å². The summed E-state index contributed by atoms with van der Waals surface area (Å²) in [5, 5.41) is 6.64. The van der Waals surface area contributed by atoms with E-state index >= 15 is 0 Å². The molecule has 0 spiro atoms. The van der Waals surface area contributed by atoms with Gasteiger partial charge in [-0.05, 0) is 19.1 Å². The molecule has 0 saturated carbocycles. The second-order valence-corrected chi connectivity index (χ2v) is 3.36. The summed E-state index contributed by atoms with van der Waals surface area (Å²) in [6.07, 6.45) is 1.77. The summed E-state index contributed by atoms with van der Waals surface area (Å²) in [4.78, 5) is 10.3. The number of aromatic nitrogens is 4. The third-order valence-corrected chi connectivity index (χ3v) is 2.23. The van der Waals surface area contributed by atoms with E-state index in [0.717, 1.165) is 12.2 Å². The van der Waals surface area contributed by atoms with Crippen molar-refractivity contribution in [2.75, 3.05) is 17.2 Å². The Morgan fingerprint density at radius 2 is 2.31 bits per heavy atom. The zero-order valence-electron chi connectivity index (χ0n) is 9.09. The van der Waals surface area contributed by atoms with Gasteiger partial charge in [0, 0.05) is 12.7 Å². The summed E-state index contributed by atoms with van der Waals surface area (Å²) in [6, 6.07) is 5.83. The van der Waals surface area contributed by atoms with E-state index in [-0.39, 0.29) is 0 Å². The molecule has 16 heavy (non-hydrogen) atoms. The Morgan fingerprint density at radius 1 is 1.44 bits per heavy atom. The lowest BCUT2D eigenvalue weighted by atomic mass is 10.3. The number of H-pyrrole nitrogens is 1. The highest BCUT2D eigenvalue weighted by Gasteiger charge is 2.10. The Kier molecular flexibility index (Phi) is 3.00. The lowest BCUT2D eigenvalue weighted by molar-refractivity contribution is 0.777. The van der Waals surface area contributed by atoms with E-state index in [1.54, 1.807) is 6.20 Å². The number of nitrogens with zero attached hydrogens (tertiary/aromatic N) is 4. The van der Waals surface area contributed by atoms with E-state index in [4.69, 9.17) is 5.73 Å². The van der Waals surface area contributed by atoms with Gasteiger partial charge in [-0.15, -0.1) is 5.10 Å². The molecular formula is C10H14N6. The van der Waals surface area contributed by atoms with Gasteiger partial charge < -0.3 is 10.6 Å². The van der Waals surface area contributed by atoms with Crippen molar-refractivity contribution < 1.29 is 0 Å². The predicted octanol–water partition coefficient (Wildman–Crippen LogP) is 0.808. The van der Waals surface area contributed by atoms with Crippen LogP contribution in [0.15, 0.2) is 24.4 Å². The number of hydrogen-bond acceptors (Lipinski definition) is 5. The van der Waals surface area contributed by atoms with Crippen molar-refractivity contribution in [3.8, 4) is 0 Å². The first-order valence-corrected chi connectivity index (χ1v) is 5.12. The molecule has 0 amide bonds. The summed E-state index contributed by atoms with van der Waals surface area (Å²) in [7, 11) is 0. The molecule has 0 aliphatic carbocycles. The Morgan fingerprint density at radius 3 is 2.88 bits per heavy atom. The van der Waals surface area contributed by atoms with Crippen molar-refractivity contribution in [2.24, 2.45) is 0 Å². The molecule has 0 unspecified atom stereocenters. The van der Waals surface area contributed by atoms with E-state index in [2.05, 4.69) is 20.2 Å². The molecule has 0 fully saturated rings. The molecule has 2 aromatic heterocycles. The molecule has 0 aliphatic heterocycles. The highest BCUT2D eigenvalue weighted by molar-refractivity contribution is 5.34. The third-order valence-electron chi connectivity index (χ3n) is 2.23. The zero-order chi connectivity index (χ0) is 11.4. The number of anilines is 2. The van der Waals surface area contributed by atoms with Gasteiger partial charge in [0.05, 0.1) is 12.2 Å². The quantitative estimate of drug-likeness (QED) is 0.793. The van der Waals surface area contributed by atoms with Crippen molar-refractivity contribution >= 4 is 11.9 Å². The molecule has 0 radical (unpaired) electrons. The van der Waals surface area contributed by atoms with E-state index in [9.17, 15) is 0 Å². The lowest BCUT2D eigenvalue weighted by Crippen LogP contribution is -2.23. The largest absolute Gasteiger partial charge is 0.368 e. The fraction of sp³-hybridized carbons (Fsp3) is 0.300. The second kappa shape index (κ2) is 4.61. The van der Waals surface area contributed by atoms with Crippen LogP contribution in [0.3, 0.4) is 0 Å². The standard InChI is InChI=1S/C10H14N6/c1-2-16(10-13-9(11)14-15-10)7-8-5-3-4-6-12-8/h3-6H,2,7H2,1H3,(H3,11,13,14,15). The maximum Gasteiger partial charge on any atom is 0.246 e. The lowest BCUT2D eigenvalue weighted by Gasteiger charge is -2.17. The first kappa shape index (κ1) is 10.4. The van der Waals surface area contributed by atoms with Gasteiger partial charge >= 0.3 is 0 Å². The van der Waals surface area contributed by atoms with E-state index in [0.29, 0.717) is 18.4 Å². The number of nitrogens with one attached hydrogen (secondary N) is 1. The molecule has 3 N–H and O–H groups in total. The number of rotatable bonds is 4. The smallest absolute Gasteiger partial charge is 0.246 e. The summed E-state index contributed by atoms with van der Waals surface area (Å²) in [6.45, 7) is 3.51. The van der Waals surface area contributed by atoms with Gasteiger partial charge in [-0.3, -0.25) is 4.98 Å². The van der Waals surface area contributed by atoms with Crippen LogP contribution in [0.2, 0.25) is 0 Å². The molecule has 0 aromatic carbocycles. The van der Waals surface area contributed by atoms with Crippen molar-refractivity contribution in [3.63, 3.8) is 0 Å². The molecule has 2 aromatic rings. The SMILES string of the molecule is CCN(Cc1ccccn1)c1n[nH]c(N)n1.